The Bertz CT molecular complexity index is 2440. The first kappa shape index (κ1) is 39.9. The number of pyridine rings is 2. The van der Waals surface area contributed by atoms with Crippen molar-refractivity contribution in [2.75, 3.05) is 65.8 Å². The van der Waals surface area contributed by atoms with E-state index >= 15 is 0 Å². The molecule has 9 rings (SSSR count). The molecule has 2 N–H and O–H groups in total. The maximum absolute atomic E-state index is 13.6. The predicted octanol–water partition coefficient (Wildman–Crippen LogP) is 5.71. The average Bonchev–Trinajstić information content (AvgIpc) is 3.90. The third-order valence-electron chi connectivity index (χ3n) is 12.4. The SMILES string of the molecule is CC.CC(=O)c1c(C)c2cnc(Nc3ccc(N4CCC(N5CCN(c6cccc7c(N8CCC(=O)NC8=O)nn(C)c67)CC5)CC4)cn3)nc2n(C2CCCC2)c1=O. The second-order valence-electron chi connectivity index (χ2n) is 15.7. The Balaban J connectivity index is 0.00000238. The summed E-state index contributed by atoms with van der Waals surface area (Å²) in [6.45, 7) is 13.2. The zero-order chi connectivity index (χ0) is 41.4. The van der Waals surface area contributed by atoms with Gasteiger partial charge in [-0.05, 0) is 69.4 Å². The van der Waals surface area contributed by atoms with Gasteiger partial charge in [0.25, 0.3) is 5.56 Å². The molecule has 5 aromatic rings. The average molecular weight is 803 g/mol. The summed E-state index contributed by atoms with van der Waals surface area (Å²) in [5, 5.41) is 12.0. The molecule has 4 aromatic heterocycles. The van der Waals surface area contributed by atoms with Crippen molar-refractivity contribution in [2.24, 2.45) is 7.05 Å². The number of anilines is 5. The molecule has 0 unspecified atom stereocenters. The molecular formula is C43H54N12O4. The number of fused-ring (bicyclic) bond motifs is 2. The van der Waals surface area contributed by atoms with E-state index in [4.69, 9.17) is 15.1 Å². The van der Waals surface area contributed by atoms with Crippen molar-refractivity contribution in [3.8, 4) is 0 Å². The van der Waals surface area contributed by atoms with E-state index in [0.29, 0.717) is 46.8 Å². The summed E-state index contributed by atoms with van der Waals surface area (Å²) in [4.78, 5) is 73.5. The van der Waals surface area contributed by atoms with Crippen molar-refractivity contribution in [3.05, 3.63) is 64.2 Å². The Morgan fingerprint density at radius 2 is 1.58 bits per heavy atom. The lowest BCUT2D eigenvalue weighted by molar-refractivity contribution is -0.120. The zero-order valence-corrected chi connectivity index (χ0v) is 34.7. The normalized spacial score (nSPS) is 18.4. The molecule has 0 spiro atoms. The molecule has 0 radical (unpaired) electrons. The van der Waals surface area contributed by atoms with E-state index in [2.05, 4.69) is 42.5 Å². The second-order valence-corrected chi connectivity index (χ2v) is 15.7. The lowest BCUT2D eigenvalue weighted by Gasteiger charge is -2.43. The number of nitrogens with zero attached hydrogens (tertiary/aromatic N) is 10. The van der Waals surface area contributed by atoms with Crippen LogP contribution in [0, 0.1) is 6.92 Å². The Hall–Kier alpha value is -5.90. The molecule has 16 heteroatoms. The number of aryl methyl sites for hydroxylation is 2. The molecule has 3 amide bonds. The Morgan fingerprint density at radius 3 is 2.25 bits per heavy atom. The fraction of sp³-hybridized carbons (Fsp3) is 0.488. The quantitative estimate of drug-likeness (QED) is 0.184. The van der Waals surface area contributed by atoms with Gasteiger partial charge in [0.2, 0.25) is 11.9 Å². The number of rotatable bonds is 8. The molecule has 0 atom stereocenters. The van der Waals surface area contributed by atoms with Gasteiger partial charge in [0.15, 0.2) is 11.6 Å². The summed E-state index contributed by atoms with van der Waals surface area (Å²) < 4.78 is 3.58. The zero-order valence-electron chi connectivity index (χ0n) is 34.7. The number of Topliss-reactive ketones (excluding diaryl/α,β-unsaturated/α-hetero) is 1. The number of nitrogens with one attached hydrogen (secondary N) is 2. The fourth-order valence-electron chi connectivity index (χ4n) is 9.41. The maximum Gasteiger partial charge on any atom is 0.329 e. The topological polar surface area (TPSA) is 167 Å². The number of para-hydroxylation sites is 1. The van der Waals surface area contributed by atoms with Gasteiger partial charge in [0, 0.05) is 88.3 Å². The molecule has 3 aliphatic heterocycles. The summed E-state index contributed by atoms with van der Waals surface area (Å²) in [7, 11) is 1.91. The molecule has 1 saturated carbocycles. The minimum Gasteiger partial charge on any atom is -0.370 e. The molecule has 1 aromatic carbocycles. The van der Waals surface area contributed by atoms with E-state index in [1.165, 1.54) is 6.92 Å². The van der Waals surface area contributed by atoms with Gasteiger partial charge in [-0.25, -0.2) is 14.8 Å². The minimum absolute atomic E-state index is 0.0164. The molecule has 4 aliphatic rings. The van der Waals surface area contributed by atoms with Crippen LogP contribution < -0.4 is 30.9 Å². The lowest BCUT2D eigenvalue weighted by atomic mass is 10.0. The second kappa shape index (κ2) is 16.8. The number of amides is 3. The highest BCUT2D eigenvalue weighted by molar-refractivity contribution is 6.10. The van der Waals surface area contributed by atoms with Crippen LogP contribution in [0.1, 0.15) is 87.7 Å². The largest absolute Gasteiger partial charge is 0.370 e. The van der Waals surface area contributed by atoms with Crippen LogP contribution in [0.2, 0.25) is 0 Å². The van der Waals surface area contributed by atoms with Gasteiger partial charge >= 0.3 is 6.03 Å². The number of imide groups is 1. The first-order valence-electron chi connectivity index (χ1n) is 21.1. The molecule has 310 valence electrons. The van der Waals surface area contributed by atoms with Gasteiger partial charge < -0.3 is 15.1 Å². The number of hydrogen-bond acceptors (Lipinski definition) is 12. The van der Waals surface area contributed by atoms with Gasteiger partial charge in [0.05, 0.1) is 28.7 Å². The Labute approximate surface area is 343 Å². The van der Waals surface area contributed by atoms with E-state index in [-0.39, 0.29) is 35.3 Å². The number of aromatic nitrogens is 6. The lowest BCUT2D eigenvalue weighted by Crippen LogP contribution is -2.53. The van der Waals surface area contributed by atoms with Crippen LogP contribution >= 0.6 is 0 Å². The van der Waals surface area contributed by atoms with Crippen LogP contribution in [0.5, 0.6) is 0 Å². The molecule has 59 heavy (non-hydrogen) atoms. The van der Waals surface area contributed by atoms with Crippen LogP contribution in [0.3, 0.4) is 0 Å². The van der Waals surface area contributed by atoms with Gasteiger partial charge in [-0.15, -0.1) is 0 Å². The predicted molar refractivity (Wildman–Crippen MR) is 230 cm³/mol. The molecule has 4 fully saturated rings. The molecular weight excluding hydrogens is 749 g/mol. The number of hydrogen-bond donors (Lipinski definition) is 2. The van der Waals surface area contributed by atoms with Crippen molar-refractivity contribution in [1.29, 1.82) is 0 Å². The number of carbonyl (C=O) groups excluding carboxylic acids is 3. The van der Waals surface area contributed by atoms with Crippen LogP contribution in [-0.2, 0) is 11.8 Å². The first-order chi connectivity index (χ1) is 28.6. The highest BCUT2D eigenvalue weighted by atomic mass is 16.2. The van der Waals surface area contributed by atoms with Crippen molar-refractivity contribution in [2.45, 2.75) is 84.7 Å². The summed E-state index contributed by atoms with van der Waals surface area (Å²) >= 11 is 0. The smallest absolute Gasteiger partial charge is 0.329 e. The van der Waals surface area contributed by atoms with Crippen molar-refractivity contribution in [3.63, 3.8) is 0 Å². The minimum atomic E-state index is -0.427. The molecule has 7 heterocycles. The number of urea groups is 1. The number of piperidine rings is 1. The fourth-order valence-corrected chi connectivity index (χ4v) is 9.41. The Morgan fingerprint density at radius 1 is 0.831 bits per heavy atom. The third-order valence-corrected chi connectivity index (χ3v) is 12.4. The van der Waals surface area contributed by atoms with Gasteiger partial charge in [-0.1, -0.05) is 32.8 Å². The van der Waals surface area contributed by atoms with Gasteiger partial charge in [-0.2, -0.15) is 10.1 Å². The maximum atomic E-state index is 13.6. The molecule has 1 aliphatic carbocycles. The van der Waals surface area contributed by atoms with Crippen LogP contribution in [-0.4, -0.2) is 104 Å². The van der Waals surface area contributed by atoms with Crippen molar-refractivity contribution >= 4 is 68.6 Å². The summed E-state index contributed by atoms with van der Waals surface area (Å²) in [6.07, 6.45) is 9.86. The van der Waals surface area contributed by atoms with Crippen LogP contribution in [0.15, 0.2) is 47.5 Å². The number of ketones is 1. The van der Waals surface area contributed by atoms with E-state index < -0.39 is 6.03 Å². The number of benzene rings is 1. The van der Waals surface area contributed by atoms with Gasteiger partial charge in [0.1, 0.15) is 11.5 Å². The van der Waals surface area contributed by atoms with E-state index in [0.717, 1.165) is 100 Å². The van der Waals surface area contributed by atoms with E-state index in [1.54, 1.807) is 22.6 Å². The summed E-state index contributed by atoms with van der Waals surface area (Å²) in [6, 6.07) is 10.3. The van der Waals surface area contributed by atoms with Crippen molar-refractivity contribution < 1.29 is 14.4 Å². The number of piperazine rings is 1. The highest BCUT2D eigenvalue weighted by Crippen LogP contribution is 2.35. The van der Waals surface area contributed by atoms with E-state index in [1.807, 2.05) is 50.0 Å². The summed E-state index contributed by atoms with van der Waals surface area (Å²) in [5.74, 6) is 1.06. The highest BCUT2D eigenvalue weighted by Gasteiger charge is 2.32. The van der Waals surface area contributed by atoms with Crippen LogP contribution in [0.25, 0.3) is 21.9 Å². The first-order valence-corrected chi connectivity index (χ1v) is 21.1. The molecule has 16 nitrogen and oxygen atoms in total. The Kier molecular flexibility index (Phi) is 11.3. The standard InChI is InChI=1S/C41H48N12O4.C2H6/c1-25-31-24-43-40(46-37(31)53(28-7-4-5-8-28)39(56)35(25)26(2)54)44-33-12-11-29(23-42-33)49-16-13-27(14-17-49)50-19-21-51(22-20-50)32-10-6-9-30-36(32)48(3)47-38(30)52-18-15-34(55)45-41(52)57;1-2/h6,9-12,23-24,27-28H,4-5,7-8,13-22H2,1-3H3,(H,45,55,57)(H,42,43,44,46);1-2H3. The third kappa shape index (κ3) is 7.61. The van der Waals surface area contributed by atoms with Crippen molar-refractivity contribution in [1.82, 2.24) is 39.5 Å². The number of carbonyl (C=O) groups is 3. The van der Waals surface area contributed by atoms with Crippen LogP contribution in [0.4, 0.5) is 33.8 Å². The van der Waals surface area contributed by atoms with E-state index in [9.17, 15) is 19.2 Å². The molecule has 0 bridgehead atoms. The summed E-state index contributed by atoms with van der Waals surface area (Å²) in [5.41, 5.74) is 4.30. The van der Waals surface area contributed by atoms with Gasteiger partial charge in [-0.3, -0.25) is 38.7 Å². The monoisotopic (exact) mass is 802 g/mol. The molecule has 3 saturated heterocycles.